The van der Waals surface area contributed by atoms with E-state index in [1.54, 1.807) is 0 Å². The van der Waals surface area contributed by atoms with E-state index in [4.69, 9.17) is 5.73 Å². The quantitative estimate of drug-likeness (QED) is 0.571. The van der Waals surface area contributed by atoms with Crippen molar-refractivity contribution < 1.29 is 9.59 Å². The van der Waals surface area contributed by atoms with Crippen LogP contribution < -0.4 is 16.4 Å². The molecule has 6 heteroatoms. The average Bonchev–Trinajstić information content (AvgIpc) is 2.07. The van der Waals surface area contributed by atoms with Gasteiger partial charge in [0.2, 0.25) is 11.8 Å². The molecule has 0 spiro atoms. The normalized spacial score (nSPS) is 25.1. The molecule has 1 saturated heterocycles. The molecule has 1 heterocycles. The monoisotopic (exact) mass is 235 g/mol. The van der Waals surface area contributed by atoms with E-state index < -0.39 is 5.91 Å². The van der Waals surface area contributed by atoms with E-state index in [9.17, 15) is 9.59 Å². The first-order chi connectivity index (χ1) is 6.59. The van der Waals surface area contributed by atoms with Crippen LogP contribution in [-0.4, -0.2) is 30.9 Å². The zero-order valence-corrected chi connectivity index (χ0v) is 9.60. The standard InChI is InChI=1S/C9H17N3O2.ClH/c1-6-2-3-11-5-7(6)12-9(14)4-8(10)13;/h6-7,11H,2-5H2,1H3,(H2,10,13)(H,12,14);1H. The van der Waals surface area contributed by atoms with Crippen LogP contribution in [0.25, 0.3) is 0 Å². The highest BCUT2D eigenvalue weighted by Crippen LogP contribution is 2.10. The summed E-state index contributed by atoms with van der Waals surface area (Å²) in [6, 6.07) is 0.121. The molecule has 0 aromatic heterocycles. The number of hydrogen-bond acceptors (Lipinski definition) is 3. The lowest BCUT2D eigenvalue weighted by atomic mass is 9.95. The lowest BCUT2D eigenvalue weighted by Crippen LogP contribution is -2.50. The minimum absolute atomic E-state index is 0. The molecule has 0 saturated carbocycles. The Bertz CT molecular complexity index is 235. The molecule has 1 aliphatic heterocycles. The molecule has 1 fully saturated rings. The number of piperidine rings is 1. The first kappa shape index (κ1) is 14.2. The second-order valence-electron chi connectivity index (χ2n) is 3.79. The summed E-state index contributed by atoms with van der Waals surface area (Å²) in [6.45, 7) is 3.85. The van der Waals surface area contributed by atoms with E-state index in [-0.39, 0.29) is 30.8 Å². The molecule has 0 aromatic carbocycles. The van der Waals surface area contributed by atoms with Gasteiger partial charge in [0.1, 0.15) is 6.42 Å². The predicted octanol–water partition coefficient (Wildman–Crippen LogP) is -0.602. The zero-order chi connectivity index (χ0) is 10.6. The fourth-order valence-electron chi connectivity index (χ4n) is 1.60. The van der Waals surface area contributed by atoms with E-state index in [1.807, 2.05) is 0 Å². The summed E-state index contributed by atoms with van der Waals surface area (Å²) in [6.07, 6.45) is 0.824. The van der Waals surface area contributed by atoms with E-state index in [0.29, 0.717) is 5.92 Å². The van der Waals surface area contributed by atoms with Crippen LogP contribution in [-0.2, 0) is 9.59 Å². The van der Waals surface area contributed by atoms with Crippen molar-refractivity contribution in [3.8, 4) is 0 Å². The Morgan fingerprint density at radius 2 is 2.20 bits per heavy atom. The molecule has 2 atom stereocenters. The van der Waals surface area contributed by atoms with Crippen molar-refractivity contribution in [1.29, 1.82) is 0 Å². The van der Waals surface area contributed by atoms with Crippen molar-refractivity contribution in [1.82, 2.24) is 10.6 Å². The Balaban J connectivity index is 0.00000196. The summed E-state index contributed by atoms with van der Waals surface area (Å²) in [4.78, 5) is 21.7. The van der Waals surface area contributed by atoms with Crippen LogP contribution in [0.15, 0.2) is 0 Å². The van der Waals surface area contributed by atoms with Gasteiger partial charge < -0.3 is 16.4 Å². The molecule has 1 aliphatic rings. The van der Waals surface area contributed by atoms with Gasteiger partial charge in [0.15, 0.2) is 0 Å². The molecule has 2 unspecified atom stereocenters. The van der Waals surface area contributed by atoms with Gasteiger partial charge in [-0.3, -0.25) is 9.59 Å². The molecule has 4 N–H and O–H groups in total. The van der Waals surface area contributed by atoms with Crippen molar-refractivity contribution in [2.24, 2.45) is 11.7 Å². The topological polar surface area (TPSA) is 84.2 Å². The Hall–Kier alpha value is -0.810. The van der Waals surface area contributed by atoms with Crippen LogP contribution in [0.1, 0.15) is 19.8 Å². The minimum Gasteiger partial charge on any atom is -0.369 e. The summed E-state index contributed by atoms with van der Waals surface area (Å²) in [5.74, 6) is -0.412. The molecule has 88 valence electrons. The third-order valence-electron chi connectivity index (χ3n) is 2.51. The predicted molar refractivity (Wildman–Crippen MR) is 59.6 cm³/mol. The lowest BCUT2D eigenvalue weighted by molar-refractivity contribution is -0.128. The molecule has 0 aromatic rings. The molecule has 2 amide bonds. The third kappa shape index (κ3) is 4.99. The van der Waals surface area contributed by atoms with Crippen LogP contribution in [0.5, 0.6) is 0 Å². The van der Waals surface area contributed by atoms with Crippen molar-refractivity contribution in [2.75, 3.05) is 13.1 Å². The minimum atomic E-state index is -0.584. The van der Waals surface area contributed by atoms with Crippen LogP contribution in [0.4, 0.5) is 0 Å². The summed E-state index contributed by atoms with van der Waals surface area (Å²) in [7, 11) is 0. The number of carbonyl (C=O) groups excluding carboxylic acids is 2. The van der Waals surface area contributed by atoms with Crippen LogP contribution in [0.2, 0.25) is 0 Å². The number of carbonyl (C=O) groups is 2. The summed E-state index contributed by atoms with van der Waals surface area (Å²) < 4.78 is 0. The lowest BCUT2D eigenvalue weighted by Gasteiger charge is -2.30. The van der Waals surface area contributed by atoms with Crippen molar-refractivity contribution in [2.45, 2.75) is 25.8 Å². The molecule has 0 aliphatic carbocycles. The van der Waals surface area contributed by atoms with Crippen molar-refractivity contribution in [3.63, 3.8) is 0 Å². The second-order valence-corrected chi connectivity index (χ2v) is 3.79. The van der Waals surface area contributed by atoms with Gasteiger partial charge in [-0.05, 0) is 18.9 Å². The Kier molecular flexibility index (Phi) is 6.27. The molecule has 0 bridgehead atoms. The van der Waals surface area contributed by atoms with Gasteiger partial charge in [-0.2, -0.15) is 0 Å². The number of nitrogens with two attached hydrogens (primary N) is 1. The van der Waals surface area contributed by atoms with E-state index in [2.05, 4.69) is 17.6 Å². The van der Waals surface area contributed by atoms with E-state index in [1.165, 1.54) is 0 Å². The molecule has 1 rings (SSSR count). The second kappa shape index (κ2) is 6.63. The van der Waals surface area contributed by atoms with Crippen LogP contribution in [0, 0.1) is 5.92 Å². The van der Waals surface area contributed by atoms with Crippen LogP contribution >= 0.6 is 12.4 Å². The Morgan fingerprint density at radius 3 is 2.73 bits per heavy atom. The number of primary amides is 1. The van der Waals surface area contributed by atoms with Gasteiger partial charge in [0.05, 0.1) is 0 Å². The fourth-order valence-corrected chi connectivity index (χ4v) is 1.60. The molecular weight excluding hydrogens is 218 g/mol. The van der Waals surface area contributed by atoms with Crippen molar-refractivity contribution >= 4 is 24.2 Å². The summed E-state index contributed by atoms with van der Waals surface area (Å²) in [5.41, 5.74) is 4.92. The molecule has 5 nitrogen and oxygen atoms in total. The van der Waals surface area contributed by atoms with Crippen LogP contribution in [0.3, 0.4) is 0 Å². The Morgan fingerprint density at radius 1 is 1.53 bits per heavy atom. The highest BCUT2D eigenvalue weighted by Gasteiger charge is 2.22. The highest BCUT2D eigenvalue weighted by atomic mass is 35.5. The summed E-state index contributed by atoms with van der Waals surface area (Å²) in [5, 5.41) is 5.99. The molecule has 15 heavy (non-hydrogen) atoms. The van der Waals surface area contributed by atoms with Gasteiger partial charge in [-0.25, -0.2) is 0 Å². The largest absolute Gasteiger partial charge is 0.369 e. The first-order valence-electron chi connectivity index (χ1n) is 4.88. The number of amides is 2. The SMILES string of the molecule is CC1CCNCC1NC(=O)CC(N)=O.Cl. The maximum absolute atomic E-state index is 11.2. The summed E-state index contributed by atoms with van der Waals surface area (Å²) >= 11 is 0. The van der Waals surface area contributed by atoms with E-state index >= 15 is 0 Å². The first-order valence-corrected chi connectivity index (χ1v) is 4.88. The number of rotatable bonds is 3. The van der Waals surface area contributed by atoms with Gasteiger partial charge in [-0.1, -0.05) is 6.92 Å². The zero-order valence-electron chi connectivity index (χ0n) is 8.79. The van der Waals surface area contributed by atoms with Crippen molar-refractivity contribution in [3.05, 3.63) is 0 Å². The average molecular weight is 236 g/mol. The molecular formula is C9H18ClN3O2. The number of halogens is 1. The van der Waals surface area contributed by atoms with Gasteiger partial charge in [0, 0.05) is 12.6 Å². The van der Waals surface area contributed by atoms with Gasteiger partial charge >= 0.3 is 0 Å². The number of hydrogen-bond donors (Lipinski definition) is 3. The van der Waals surface area contributed by atoms with E-state index in [0.717, 1.165) is 19.5 Å². The highest BCUT2D eigenvalue weighted by molar-refractivity contribution is 5.96. The number of nitrogens with one attached hydrogen (secondary N) is 2. The maximum Gasteiger partial charge on any atom is 0.229 e. The fraction of sp³-hybridized carbons (Fsp3) is 0.778. The smallest absolute Gasteiger partial charge is 0.229 e. The third-order valence-corrected chi connectivity index (χ3v) is 2.51. The maximum atomic E-state index is 11.2. The van der Waals surface area contributed by atoms with Gasteiger partial charge in [-0.15, -0.1) is 12.4 Å². The Labute approximate surface area is 95.6 Å². The molecule has 0 radical (unpaired) electrons. The van der Waals surface area contributed by atoms with Gasteiger partial charge in [0.25, 0.3) is 0 Å².